The molecule has 6 heterocycles. The maximum absolute atomic E-state index is 6.67. The van der Waals surface area contributed by atoms with E-state index in [1.54, 1.807) is 24.8 Å². The monoisotopic (exact) mass is 1200 g/mol. The van der Waals surface area contributed by atoms with Gasteiger partial charge in [-0.1, -0.05) is 99.7 Å². The van der Waals surface area contributed by atoms with Gasteiger partial charge in [-0.2, -0.15) is 12.1 Å². The fraction of sp³-hybridized carbons (Fsp3) is 0.192. The molecule has 324 valence electrons. The van der Waals surface area contributed by atoms with Crippen molar-refractivity contribution in [3.63, 3.8) is 0 Å². The number of hydrogen-bond acceptors (Lipinski definition) is 6. The van der Waals surface area contributed by atoms with Crippen LogP contribution < -0.4 is 9.47 Å². The minimum Gasteiger partial charge on any atom is -0.503 e. The van der Waals surface area contributed by atoms with Gasteiger partial charge in [-0.3, -0.25) is 9.97 Å². The van der Waals surface area contributed by atoms with Crippen LogP contribution in [0.2, 0.25) is 0 Å². The van der Waals surface area contributed by atoms with Gasteiger partial charge in [0.15, 0.2) is 0 Å². The molecule has 0 saturated carbocycles. The van der Waals surface area contributed by atoms with Crippen molar-refractivity contribution in [1.29, 1.82) is 0 Å². The molecule has 0 atom stereocenters. The minimum absolute atomic E-state index is 0. The van der Waals surface area contributed by atoms with E-state index in [9.17, 15) is 0 Å². The topological polar surface area (TPSA) is 89.7 Å². The molecule has 0 bridgehead atoms. The first kappa shape index (κ1) is 44.5. The maximum atomic E-state index is 6.67. The number of pyridine rings is 2. The number of imidazole rings is 2. The smallest absolute Gasteiger partial charge is 0.503 e. The summed E-state index contributed by atoms with van der Waals surface area (Å²) in [4.78, 5) is 18.9. The van der Waals surface area contributed by atoms with E-state index >= 15 is 0 Å². The standard InChI is InChI=1S/C52H44N8O2.2Pt/c1-51(2,3)35-25-33(49-55-21-23-57(49)7)27-39(29-35)61-37-15-17-41-43(31-37)59(45-13-9-11-19-53-45)48-42-18-16-38(32-44(42)60(47(41)48)46-14-10-12-20-54-46)62-40-28-34(50-56-22-24-58(50)8)26-36(30-40)52(4,5)6;;/h9-26,29-30H,1-8H3;;/q-4;2*+2. The fourth-order valence-electron chi connectivity index (χ4n) is 7.93. The first-order chi connectivity index (χ1) is 29.8. The van der Waals surface area contributed by atoms with Crippen LogP contribution in [0.3, 0.4) is 0 Å². The number of aryl methyl sites for hydroxylation is 2. The molecule has 6 aromatic heterocycles. The summed E-state index contributed by atoms with van der Waals surface area (Å²) < 4.78 is 21.6. The van der Waals surface area contributed by atoms with Gasteiger partial charge in [0, 0.05) is 85.3 Å². The van der Waals surface area contributed by atoms with E-state index < -0.39 is 0 Å². The van der Waals surface area contributed by atoms with Gasteiger partial charge in [0.25, 0.3) is 0 Å². The second-order valence-electron chi connectivity index (χ2n) is 17.6. The van der Waals surface area contributed by atoms with Crippen LogP contribution in [0.15, 0.2) is 122 Å². The number of ether oxygens (including phenoxy) is 2. The molecular formula is C52H44N8O2Pt2. The zero-order valence-electron chi connectivity index (χ0n) is 36.6. The van der Waals surface area contributed by atoms with Gasteiger partial charge in [-0.25, -0.2) is 9.97 Å². The Morgan fingerprint density at radius 1 is 0.469 bits per heavy atom. The second-order valence-corrected chi connectivity index (χ2v) is 17.6. The van der Waals surface area contributed by atoms with Crippen LogP contribution in [-0.4, -0.2) is 38.2 Å². The van der Waals surface area contributed by atoms with Gasteiger partial charge in [-0.15, -0.1) is 58.7 Å². The molecule has 0 fully saturated rings. The average Bonchev–Trinajstić information content (AvgIpc) is 4.03. The van der Waals surface area contributed by atoms with E-state index in [-0.39, 0.29) is 53.0 Å². The van der Waals surface area contributed by atoms with Crippen molar-refractivity contribution >= 4 is 32.8 Å². The van der Waals surface area contributed by atoms with Gasteiger partial charge >= 0.3 is 42.1 Å². The van der Waals surface area contributed by atoms with Crippen LogP contribution >= 0.6 is 0 Å². The van der Waals surface area contributed by atoms with Gasteiger partial charge < -0.3 is 27.7 Å². The molecule has 0 spiro atoms. The molecule has 12 heteroatoms. The molecule has 0 saturated heterocycles. The normalized spacial score (nSPS) is 11.8. The fourth-order valence-corrected chi connectivity index (χ4v) is 7.93. The summed E-state index contributed by atoms with van der Waals surface area (Å²) >= 11 is 0. The molecule has 10 nitrogen and oxygen atoms in total. The molecular weight excluding hydrogens is 1160 g/mol. The first-order valence-electron chi connectivity index (χ1n) is 20.6. The number of benzene rings is 4. The summed E-state index contributed by atoms with van der Waals surface area (Å²) in [6.45, 7) is 13.1. The van der Waals surface area contributed by atoms with Crippen LogP contribution in [-0.2, 0) is 67.1 Å². The Morgan fingerprint density at radius 3 is 1.23 bits per heavy atom. The number of nitrogens with zero attached hydrogens (tertiary/aromatic N) is 8. The summed E-state index contributed by atoms with van der Waals surface area (Å²) in [7, 11) is 3.96. The largest absolute Gasteiger partial charge is 2.00 e. The van der Waals surface area contributed by atoms with Crippen molar-refractivity contribution in [1.82, 2.24) is 38.2 Å². The number of fused-ring (bicyclic) bond motifs is 5. The van der Waals surface area contributed by atoms with Crippen LogP contribution in [0.4, 0.5) is 0 Å². The molecule has 0 aliphatic carbocycles. The third-order valence-corrected chi connectivity index (χ3v) is 11.2. The molecule has 0 aliphatic rings. The molecule has 0 unspecified atom stereocenters. The average molecular weight is 1200 g/mol. The predicted octanol–water partition coefficient (Wildman–Crippen LogP) is 11.7. The molecule has 4 aromatic carbocycles. The Hall–Kier alpha value is -6.08. The van der Waals surface area contributed by atoms with Crippen LogP contribution in [0, 0.1) is 24.3 Å². The van der Waals surface area contributed by atoms with Crippen molar-refractivity contribution in [3.8, 4) is 57.4 Å². The van der Waals surface area contributed by atoms with Gasteiger partial charge in [-0.05, 0) is 35.1 Å². The maximum Gasteiger partial charge on any atom is 2.00 e. The molecule has 0 radical (unpaired) electrons. The zero-order valence-corrected chi connectivity index (χ0v) is 41.1. The van der Waals surface area contributed by atoms with E-state index in [2.05, 4.69) is 109 Å². The van der Waals surface area contributed by atoms with E-state index in [1.807, 2.05) is 96.3 Å². The third-order valence-electron chi connectivity index (χ3n) is 11.2. The van der Waals surface area contributed by atoms with Crippen LogP contribution in [0.25, 0.3) is 67.3 Å². The first-order valence-corrected chi connectivity index (χ1v) is 20.6. The van der Waals surface area contributed by atoms with E-state index in [4.69, 9.17) is 19.4 Å². The SMILES string of the molecule is Cn1ccnc1-c1[c-]c(Oc2[c-]c3c(cc2)c2c(c4ccc(Oc5[c-]c(-c6nccn6C)cc(C(C)(C)C)c5)[c-]c4n2-c2ccccn2)n3-c2ccccn2)cc(C(C)(C)C)c1.[Pt+2].[Pt+2]. The zero-order chi connectivity index (χ0) is 42.9. The Morgan fingerprint density at radius 2 is 0.891 bits per heavy atom. The second kappa shape index (κ2) is 17.1. The third kappa shape index (κ3) is 8.14. The summed E-state index contributed by atoms with van der Waals surface area (Å²) in [5, 5.41) is 1.87. The van der Waals surface area contributed by atoms with Crippen molar-refractivity contribution in [2.45, 2.75) is 52.4 Å². The minimum atomic E-state index is -0.142. The Balaban J connectivity index is 0.00000280. The van der Waals surface area contributed by atoms with Gasteiger partial charge in [0.2, 0.25) is 0 Å². The molecule has 0 N–H and O–H groups in total. The van der Waals surface area contributed by atoms with E-state index in [1.165, 1.54) is 0 Å². The van der Waals surface area contributed by atoms with Crippen molar-refractivity contribution < 1.29 is 51.6 Å². The number of rotatable bonds is 8. The van der Waals surface area contributed by atoms with E-state index in [0.29, 0.717) is 23.0 Å². The van der Waals surface area contributed by atoms with Crippen molar-refractivity contribution in [2.75, 3.05) is 0 Å². The van der Waals surface area contributed by atoms with Crippen LogP contribution in [0.1, 0.15) is 52.7 Å². The number of aromatic nitrogens is 8. The molecule has 0 aliphatic heterocycles. The molecule has 10 aromatic rings. The van der Waals surface area contributed by atoms with Gasteiger partial charge in [0.05, 0.1) is 11.6 Å². The quantitative estimate of drug-likeness (QED) is 0.141. The summed E-state index contributed by atoms with van der Waals surface area (Å²) in [5.41, 5.74) is 7.08. The Kier molecular flexibility index (Phi) is 11.9. The van der Waals surface area contributed by atoms with Gasteiger partial charge in [0.1, 0.15) is 11.6 Å². The van der Waals surface area contributed by atoms with E-state index in [0.717, 1.165) is 78.4 Å². The van der Waals surface area contributed by atoms with Crippen molar-refractivity contribution in [2.24, 2.45) is 14.1 Å². The molecule has 0 amide bonds. The molecule has 64 heavy (non-hydrogen) atoms. The van der Waals surface area contributed by atoms with Crippen LogP contribution in [0.5, 0.6) is 23.0 Å². The summed E-state index contributed by atoms with van der Waals surface area (Å²) in [6, 6.07) is 42.5. The number of hydrogen-bond donors (Lipinski definition) is 0. The Bertz CT molecular complexity index is 3080. The Labute approximate surface area is 401 Å². The van der Waals surface area contributed by atoms with Crippen molar-refractivity contribution in [3.05, 3.63) is 158 Å². The molecule has 10 rings (SSSR count). The predicted molar refractivity (Wildman–Crippen MR) is 243 cm³/mol. The summed E-state index contributed by atoms with van der Waals surface area (Å²) in [6.07, 6.45) is 11.1. The summed E-state index contributed by atoms with van der Waals surface area (Å²) in [5.74, 6) is 5.32.